The SMILES string of the molecule is C=Cc1ccc(C=C)cc1.CC.CC.CCCC.CCCC. The van der Waals surface area contributed by atoms with Gasteiger partial charge in [0, 0.05) is 0 Å². The van der Waals surface area contributed by atoms with E-state index in [4.69, 9.17) is 0 Å². The Balaban J connectivity index is -0.000000114. The van der Waals surface area contributed by atoms with Gasteiger partial charge in [-0.2, -0.15) is 0 Å². The zero-order valence-electron chi connectivity index (χ0n) is 16.7. The Hall–Kier alpha value is -1.30. The third kappa shape index (κ3) is 27.1. The van der Waals surface area contributed by atoms with Crippen molar-refractivity contribution in [3.63, 3.8) is 0 Å². The fraction of sp³-hybridized carbons (Fsp3) is 0.545. The van der Waals surface area contributed by atoms with Gasteiger partial charge in [-0.1, -0.05) is 131 Å². The van der Waals surface area contributed by atoms with Crippen LogP contribution in [-0.2, 0) is 0 Å². The van der Waals surface area contributed by atoms with E-state index in [0.717, 1.165) is 11.1 Å². The highest BCUT2D eigenvalue weighted by molar-refractivity contribution is 5.53. The summed E-state index contributed by atoms with van der Waals surface area (Å²) >= 11 is 0. The molecule has 0 unspecified atom stereocenters. The van der Waals surface area contributed by atoms with Crippen molar-refractivity contribution in [3.05, 3.63) is 48.6 Å². The van der Waals surface area contributed by atoms with Crippen LogP contribution in [0.4, 0.5) is 0 Å². The molecule has 0 radical (unpaired) electrons. The lowest BCUT2D eigenvalue weighted by Gasteiger charge is -1.92. The molecule has 0 fully saturated rings. The fourth-order valence-electron chi connectivity index (χ4n) is 0.768. The Kier molecular flexibility index (Phi) is 41.7. The lowest BCUT2D eigenvalue weighted by molar-refractivity contribution is 0.886. The Morgan fingerprint density at radius 1 is 0.591 bits per heavy atom. The Labute approximate surface area is 142 Å². The normalized spacial score (nSPS) is 7.27. The molecule has 0 nitrogen and oxygen atoms in total. The van der Waals surface area contributed by atoms with Crippen molar-refractivity contribution in [1.82, 2.24) is 0 Å². The van der Waals surface area contributed by atoms with E-state index in [-0.39, 0.29) is 0 Å². The Morgan fingerprint density at radius 3 is 0.864 bits per heavy atom. The number of benzene rings is 1. The molecule has 130 valence electrons. The Morgan fingerprint density at radius 2 is 0.773 bits per heavy atom. The van der Waals surface area contributed by atoms with E-state index >= 15 is 0 Å². The van der Waals surface area contributed by atoms with E-state index in [1.54, 1.807) is 0 Å². The van der Waals surface area contributed by atoms with Crippen molar-refractivity contribution < 1.29 is 0 Å². The number of hydrogen-bond donors (Lipinski definition) is 0. The summed E-state index contributed by atoms with van der Waals surface area (Å²) in [7, 11) is 0. The zero-order chi connectivity index (χ0) is 18.2. The first-order chi connectivity index (χ1) is 10.7. The first kappa shape index (κ1) is 28.8. The van der Waals surface area contributed by atoms with Crippen molar-refractivity contribution >= 4 is 12.2 Å². The van der Waals surface area contributed by atoms with Crippen LogP contribution in [0.5, 0.6) is 0 Å². The second-order valence-electron chi connectivity index (χ2n) is 4.07. The summed E-state index contributed by atoms with van der Waals surface area (Å²) in [6.45, 7) is 24.0. The first-order valence-corrected chi connectivity index (χ1v) is 9.04. The summed E-state index contributed by atoms with van der Waals surface area (Å²) in [5, 5.41) is 0. The van der Waals surface area contributed by atoms with Crippen LogP contribution in [0.15, 0.2) is 37.4 Å². The van der Waals surface area contributed by atoms with E-state index in [1.165, 1.54) is 25.7 Å². The van der Waals surface area contributed by atoms with Gasteiger partial charge in [-0.15, -0.1) is 0 Å². The van der Waals surface area contributed by atoms with Crippen LogP contribution in [0.1, 0.15) is 92.2 Å². The maximum atomic E-state index is 3.66. The monoisotopic (exact) mass is 306 g/mol. The van der Waals surface area contributed by atoms with Gasteiger partial charge < -0.3 is 0 Å². The molecular formula is C22H42. The quantitative estimate of drug-likeness (QED) is 0.522. The molecule has 0 saturated carbocycles. The van der Waals surface area contributed by atoms with Gasteiger partial charge in [0.05, 0.1) is 0 Å². The van der Waals surface area contributed by atoms with Crippen molar-refractivity contribution in [2.24, 2.45) is 0 Å². The van der Waals surface area contributed by atoms with Crippen LogP contribution in [0.3, 0.4) is 0 Å². The zero-order valence-corrected chi connectivity index (χ0v) is 16.7. The van der Waals surface area contributed by atoms with E-state index in [0.29, 0.717) is 0 Å². The molecule has 0 aromatic heterocycles. The number of unbranched alkanes of at least 4 members (excludes halogenated alkanes) is 2. The van der Waals surface area contributed by atoms with Gasteiger partial charge in [0.1, 0.15) is 0 Å². The topological polar surface area (TPSA) is 0 Å². The molecule has 0 amide bonds. The number of hydrogen-bond acceptors (Lipinski definition) is 0. The maximum absolute atomic E-state index is 3.66. The summed E-state index contributed by atoms with van der Waals surface area (Å²) in [6, 6.07) is 8.07. The van der Waals surface area contributed by atoms with Gasteiger partial charge >= 0.3 is 0 Å². The Bertz CT molecular complexity index is 244. The molecule has 0 aliphatic heterocycles. The summed E-state index contributed by atoms with van der Waals surface area (Å²) in [5.74, 6) is 0. The van der Waals surface area contributed by atoms with Crippen LogP contribution < -0.4 is 0 Å². The van der Waals surface area contributed by atoms with E-state index in [9.17, 15) is 0 Å². The molecule has 0 aliphatic rings. The number of rotatable bonds is 4. The molecule has 0 atom stereocenters. The van der Waals surface area contributed by atoms with Crippen LogP contribution in [0.2, 0.25) is 0 Å². The molecule has 22 heavy (non-hydrogen) atoms. The van der Waals surface area contributed by atoms with Crippen LogP contribution in [0, 0.1) is 0 Å². The first-order valence-electron chi connectivity index (χ1n) is 9.04. The molecule has 0 N–H and O–H groups in total. The minimum Gasteiger partial charge on any atom is -0.0985 e. The van der Waals surface area contributed by atoms with Gasteiger partial charge in [0.2, 0.25) is 0 Å². The lowest BCUT2D eigenvalue weighted by atomic mass is 10.1. The average molecular weight is 307 g/mol. The third-order valence-electron chi connectivity index (χ3n) is 2.41. The fourth-order valence-corrected chi connectivity index (χ4v) is 0.768. The lowest BCUT2D eigenvalue weighted by Crippen LogP contribution is -1.71. The van der Waals surface area contributed by atoms with Crippen molar-refractivity contribution in [2.75, 3.05) is 0 Å². The van der Waals surface area contributed by atoms with Gasteiger partial charge in [-0.3, -0.25) is 0 Å². The highest BCUT2D eigenvalue weighted by Gasteiger charge is 1.84. The highest BCUT2D eigenvalue weighted by Crippen LogP contribution is 2.05. The molecule has 0 aliphatic carbocycles. The molecular weight excluding hydrogens is 264 g/mol. The molecule has 1 aromatic carbocycles. The minimum absolute atomic E-state index is 1.14. The molecule has 1 rings (SSSR count). The molecule has 0 heteroatoms. The van der Waals surface area contributed by atoms with Crippen molar-refractivity contribution in [2.45, 2.75) is 81.1 Å². The van der Waals surface area contributed by atoms with Crippen LogP contribution in [-0.4, -0.2) is 0 Å². The van der Waals surface area contributed by atoms with Crippen LogP contribution in [0.25, 0.3) is 12.2 Å². The molecule has 1 aromatic rings. The second-order valence-corrected chi connectivity index (χ2v) is 4.07. The molecule has 0 saturated heterocycles. The molecule has 0 spiro atoms. The standard InChI is InChI=1S/C10H10.2C4H10.2C2H6/c1-3-9-5-7-10(4-2)8-6-9;2*1-3-4-2;2*1-2/h3-8H,1-2H2;2*3-4H2,1-2H3;2*1-2H3. The second kappa shape index (κ2) is 31.9. The predicted molar refractivity (Wildman–Crippen MR) is 110 cm³/mol. The summed E-state index contributed by atoms with van der Waals surface area (Å²) < 4.78 is 0. The average Bonchev–Trinajstić information content (AvgIpc) is 2.65. The largest absolute Gasteiger partial charge is 0.0985 e. The van der Waals surface area contributed by atoms with E-state index < -0.39 is 0 Å². The summed E-state index contributed by atoms with van der Waals surface area (Å²) in [4.78, 5) is 0. The smallest absolute Gasteiger partial charge is 0.0262 e. The van der Waals surface area contributed by atoms with Crippen molar-refractivity contribution in [3.8, 4) is 0 Å². The van der Waals surface area contributed by atoms with Gasteiger partial charge in [0.15, 0.2) is 0 Å². The highest BCUT2D eigenvalue weighted by atomic mass is 13.9. The van der Waals surface area contributed by atoms with Gasteiger partial charge in [0.25, 0.3) is 0 Å². The van der Waals surface area contributed by atoms with Crippen LogP contribution >= 0.6 is 0 Å². The van der Waals surface area contributed by atoms with Gasteiger partial charge in [-0.25, -0.2) is 0 Å². The van der Waals surface area contributed by atoms with Gasteiger partial charge in [-0.05, 0) is 11.1 Å². The summed E-state index contributed by atoms with van der Waals surface area (Å²) in [5.41, 5.74) is 2.29. The third-order valence-corrected chi connectivity index (χ3v) is 2.41. The minimum atomic E-state index is 1.14. The maximum Gasteiger partial charge on any atom is -0.0262 e. The van der Waals surface area contributed by atoms with E-state index in [2.05, 4.69) is 40.9 Å². The summed E-state index contributed by atoms with van der Waals surface area (Å²) in [6.07, 6.45) is 8.93. The van der Waals surface area contributed by atoms with E-state index in [1.807, 2.05) is 64.1 Å². The predicted octanol–water partition coefficient (Wildman–Crippen LogP) is 8.64. The van der Waals surface area contributed by atoms with Crippen molar-refractivity contribution in [1.29, 1.82) is 0 Å². The molecule has 0 bridgehead atoms. The molecule has 0 heterocycles.